The number of amidine groups is 2. The van der Waals surface area contributed by atoms with Crippen molar-refractivity contribution in [1.29, 1.82) is 0 Å². The summed E-state index contributed by atoms with van der Waals surface area (Å²) in [4.78, 5) is 11.0. The molecule has 0 fully saturated rings. The molecule has 0 aliphatic carbocycles. The molecule has 4 nitrogen and oxygen atoms in total. The van der Waals surface area contributed by atoms with Gasteiger partial charge in [-0.3, -0.25) is 0 Å². The smallest absolute Gasteiger partial charge is 0.160 e. The van der Waals surface area contributed by atoms with E-state index in [2.05, 4.69) is 241 Å². The molecule has 2 atom stereocenters. The third kappa shape index (κ3) is 6.37. The zero-order chi connectivity index (χ0) is 43.6. The zero-order valence-electron chi connectivity index (χ0n) is 36.0. The van der Waals surface area contributed by atoms with Crippen molar-refractivity contribution in [2.24, 2.45) is 9.98 Å². The van der Waals surface area contributed by atoms with Crippen molar-refractivity contribution in [3.8, 4) is 33.4 Å². The average Bonchev–Trinajstić information content (AvgIpc) is 3.40. The highest BCUT2D eigenvalue weighted by molar-refractivity contribution is 6.22. The van der Waals surface area contributed by atoms with Gasteiger partial charge in [0.1, 0.15) is 12.0 Å². The Balaban J connectivity index is 0.949. The number of aliphatic imine (C=N–C) groups is 2. The molecule has 11 aromatic carbocycles. The molecule has 0 aromatic heterocycles. The topological polar surface area (TPSA) is 48.8 Å². The fraction of sp³-hybridized carbons (Fsp3) is 0.0323. The van der Waals surface area contributed by atoms with Crippen molar-refractivity contribution in [1.82, 2.24) is 5.32 Å². The quantitative estimate of drug-likeness (QED) is 0.164. The Kier molecular flexibility index (Phi) is 8.95. The van der Waals surface area contributed by atoms with E-state index in [9.17, 15) is 0 Å². The molecule has 0 saturated carbocycles. The van der Waals surface area contributed by atoms with Gasteiger partial charge in [-0.05, 0) is 112 Å². The Hall–Kier alpha value is -8.60. The summed E-state index contributed by atoms with van der Waals surface area (Å²) in [7, 11) is 0. The number of hydrogen-bond acceptors (Lipinski definition) is 4. The lowest BCUT2D eigenvalue weighted by molar-refractivity contribution is 0.680. The molecule has 66 heavy (non-hydrogen) atoms. The molecule has 0 amide bonds. The Labute approximate surface area is 383 Å². The zero-order valence-corrected chi connectivity index (χ0v) is 36.0. The molecule has 2 aliphatic heterocycles. The molecule has 13 rings (SSSR count). The standard InChI is InChI=1S/C62H42N4/c1-2-17-39(18-3-1)59-54-33-16-32-48(58(54)53-31-12-13-34-57(53)63-59)42-23-14-21-40(35-42)41-22-15-24-45(36-41)60-64-61(55-37-43-19-4-6-25-46(43)49-27-8-10-29-51(49)55)66-62(65-60)56-38-44-20-5-7-26-47(44)50-28-9-11-30-52(50)56/h1-38,59,61,63H,(H,64,65,66). The highest BCUT2D eigenvalue weighted by Crippen LogP contribution is 2.48. The molecule has 310 valence electrons. The van der Waals surface area contributed by atoms with Crippen molar-refractivity contribution >= 4 is 60.4 Å². The summed E-state index contributed by atoms with van der Waals surface area (Å²) in [5.74, 6) is 1.49. The van der Waals surface area contributed by atoms with Crippen LogP contribution in [0.1, 0.15) is 40.0 Å². The summed E-state index contributed by atoms with van der Waals surface area (Å²) in [5, 5.41) is 17.2. The minimum absolute atomic E-state index is 0.0390. The van der Waals surface area contributed by atoms with Crippen molar-refractivity contribution < 1.29 is 0 Å². The van der Waals surface area contributed by atoms with Gasteiger partial charge in [-0.15, -0.1) is 0 Å². The van der Waals surface area contributed by atoms with E-state index in [1.54, 1.807) is 0 Å². The predicted octanol–water partition coefficient (Wildman–Crippen LogP) is 15.3. The first-order valence-electron chi connectivity index (χ1n) is 22.7. The summed E-state index contributed by atoms with van der Waals surface area (Å²) in [6, 6.07) is 83.2. The van der Waals surface area contributed by atoms with E-state index in [4.69, 9.17) is 9.98 Å². The molecule has 2 aliphatic rings. The third-order valence-corrected chi connectivity index (χ3v) is 13.5. The highest BCUT2D eigenvalue weighted by atomic mass is 15.2. The van der Waals surface area contributed by atoms with Gasteiger partial charge in [0.2, 0.25) is 0 Å². The van der Waals surface area contributed by atoms with Gasteiger partial charge < -0.3 is 10.6 Å². The van der Waals surface area contributed by atoms with Gasteiger partial charge >= 0.3 is 0 Å². The van der Waals surface area contributed by atoms with Crippen LogP contribution in [0.5, 0.6) is 0 Å². The number of nitrogens with zero attached hydrogens (tertiary/aromatic N) is 2. The van der Waals surface area contributed by atoms with Crippen LogP contribution in [0.4, 0.5) is 5.69 Å². The van der Waals surface area contributed by atoms with E-state index >= 15 is 0 Å². The fourth-order valence-corrected chi connectivity index (χ4v) is 10.5. The summed E-state index contributed by atoms with van der Waals surface area (Å²) in [6.07, 6.45) is -0.402. The molecule has 4 heteroatoms. The van der Waals surface area contributed by atoms with Crippen molar-refractivity contribution in [2.75, 3.05) is 5.32 Å². The van der Waals surface area contributed by atoms with Crippen LogP contribution in [0, 0.1) is 0 Å². The summed E-state index contributed by atoms with van der Waals surface area (Å²) < 4.78 is 0. The summed E-state index contributed by atoms with van der Waals surface area (Å²) in [5.41, 5.74) is 13.9. The Morgan fingerprint density at radius 3 is 1.68 bits per heavy atom. The van der Waals surface area contributed by atoms with E-state index in [0.29, 0.717) is 5.84 Å². The average molecular weight is 843 g/mol. The molecule has 2 unspecified atom stereocenters. The second-order valence-corrected chi connectivity index (χ2v) is 17.3. The molecule has 0 spiro atoms. The van der Waals surface area contributed by atoms with Crippen LogP contribution in [0.15, 0.2) is 241 Å². The van der Waals surface area contributed by atoms with Gasteiger partial charge in [0.15, 0.2) is 5.84 Å². The predicted molar refractivity (Wildman–Crippen MR) is 277 cm³/mol. The highest BCUT2D eigenvalue weighted by Gasteiger charge is 2.28. The van der Waals surface area contributed by atoms with Crippen LogP contribution in [-0.2, 0) is 0 Å². The van der Waals surface area contributed by atoms with Crippen molar-refractivity contribution in [2.45, 2.75) is 12.2 Å². The number of benzene rings is 11. The summed E-state index contributed by atoms with van der Waals surface area (Å²) >= 11 is 0. The lowest BCUT2D eigenvalue weighted by atomic mass is 9.82. The third-order valence-electron chi connectivity index (χ3n) is 13.5. The molecular formula is C62H42N4. The maximum atomic E-state index is 5.53. The van der Waals surface area contributed by atoms with E-state index in [1.807, 2.05) is 0 Å². The van der Waals surface area contributed by atoms with Crippen LogP contribution in [0.3, 0.4) is 0 Å². The van der Waals surface area contributed by atoms with E-state index in [0.717, 1.165) is 50.1 Å². The molecule has 2 N–H and O–H groups in total. The SMILES string of the molecule is c1ccc(C2Nc3ccccc3-c3c(-c4cccc(-c5cccc(C6=NC(c7cc8ccccc8c8ccccc78)=NC(c7cc8ccccc8c8ccccc78)N6)c5)c4)cccc32)cc1. The first-order chi connectivity index (χ1) is 32.7. The van der Waals surface area contributed by atoms with E-state index < -0.39 is 6.17 Å². The molecular weight excluding hydrogens is 801 g/mol. The van der Waals surface area contributed by atoms with Crippen molar-refractivity contribution in [3.63, 3.8) is 0 Å². The minimum Gasteiger partial charge on any atom is -0.374 e. The van der Waals surface area contributed by atoms with Gasteiger partial charge in [-0.2, -0.15) is 0 Å². The second-order valence-electron chi connectivity index (χ2n) is 17.3. The Bertz CT molecular complexity index is 3790. The summed E-state index contributed by atoms with van der Waals surface area (Å²) in [6.45, 7) is 0. The first kappa shape index (κ1) is 37.9. The number of para-hydroxylation sites is 1. The Morgan fingerprint density at radius 1 is 0.348 bits per heavy atom. The van der Waals surface area contributed by atoms with Gasteiger partial charge in [0, 0.05) is 27.9 Å². The van der Waals surface area contributed by atoms with Crippen LogP contribution < -0.4 is 10.6 Å². The normalized spacial score (nSPS) is 15.4. The maximum absolute atomic E-state index is 5.53. The van der Waals surface area contributed by atoms with Gasteiger partial charge in [-0.1, -0.05) is 200 Å². The van der Waals surface area contributed by atoms with Gasteiger partial charge in [0.05, 0.1) is 6.04 Å². The fourth-order valence-electron chi connectivity index (χ4n) is 10.5. The number of anilines is 1. The number of nitrogens with one attached hydrogen (secondary N) is 2. The first-order valence-corrected chi connectivity index (χ1v) is 22.7. The van der Waals surface area contributed by atoms with Crippen LogP contribution in [0.2, 0.25) is 0 Å². The van der Waals surface area contributed by atoms with E-state index in [1.165, 1.54) is 65.7 Å². The van der Waals surface area contributed by atoms with Crippen LogP contribution >= 0.6 is 0 Å². The molecule has 0 saturated heterocycles. The lowest BCUT2D eigenvalue weighted by Gasteiger charge is -2.32. The second kappa shape index (κ2) is 15.6. The maximum Gasteiger partial charge on any atom is 0.160 e. The lowest BCUT2D eigenvalue weighted by Crippen LogP contribution is -2.33. The van der Waals surface area contributed by atoms with Gasteiger partial charge in [0.25, 0.3) is 0 Å². The number of rotatable bonds is 6. The molecule has 2 heterocycles. The largest absolute Gasteiger partial charge is 0.374 e. The number of hydrogen-bond donors (Lipinski definition) is 2. The molecule has 0 radical (unpaired) electrons. The van der Waals surface area contributed by atoms with Crippen LogP contribution in [-0.4, -0.2) is 11.7 Å². The molecule has 0 bridgehead atoms. The monoisotopic (exact) mass is 842 g/mol. The van der Waals surface area contributed by atoms with Crippen LogP contribution in [0.25, 0.3) is 76.5 Å². The van der Waals surface area contributed by atoms with E-state index in [-0.39, 0.29) is 6.04 Å². The molecule has 11 aromatic rings. The van der Waals surface area contributed by atoms with Gasteiger partial charge in [-0.25, -0.2) is 9.98 Å². The Morgan fingerprint density at radius 2 is 0.909 bits per heavy atom. The number of fused-ring (bicyclic) bond motifs is 9. The minimum atomic E-state index is -0.402. The van der Waals surface area contributed by atoms with Crippen molar-refractivity contribution in [3.05, 3.63) is 258 Å².